The summed E-state index contributed by atoms with van der Waals surface area (Å²) in [5.74, 6) is 0.418. The summed E-state index contributed by atoms with van der Waals surface area (Å²) in [7, 11) is 0. The van der Waals surface area contributed by atoms with Crippen LogP contribution in [0.25, 0.3) is 0 Å². The van der Waals surface area contributed by atoms with Gasteiger partial charge in [-0.2, -0.15) is 0 Å². The van der Waals surface area contributed by atoms with E-state index in [0.717, 1.165) is 43.2 Å². The Labute approximate surface area is 259 Å². The molecule has 252 valence electrons. The lowest BCUT2D eigenvalue weighted by molar-refractivity contribution is -0.109. The van der Waals surface area contributed by atoms with Crippen LogP contribution in [0.5, 0.6) is 0 Å². The van der Waals surface area contributed by atoms with Crippen molar-refractivity contribution in [1.82, 2.24) is 15.0 Å². The first-order chi connectivity index (χ1) is 21.8. The van der Waals surface area contributed by atoms with Crippen molar-refractivity contribution in [2.24, 2.45) is 11.1 Å². The molecular weight excluding hydrogens is 580 g/mol. The van der Waals surface area contributed by atoms with Gasteiger partial charge in [0.25, 0.3) is 0 Å². The molecule has 1 fully saturated rings. The summed E-state index contributed by atoms with van der Waals surface area (Å²) in [5, 5.41) is 12.3. The number of carbonyl (C=O) groups is 2. The summed E-state index contributed by atoms with van der Waals surface area (Å²) in [6, 6.07) is 0. The van der Waals surface area contributed by atoms with Crippen LogP contribution in [0, 0.1) is 5.92 Å². The Morgan fingerprint density at radius 1 is 0.705 bits per heavy atom. The lowest BCUT2D eigenvalue weighted by Gasteiger charge is -2.07. The number of oxime groups is 1. The molecule has 2 rings (SSSR count). The van der Waals surface area contributed by atoms with Gasteiger partial charge >= 0.3 is 0 Å². The number of carbonyl (C=O) groups excluding carboxylic acids is 2. The molecule has 1 atom stereocenters. The predicted molar refractivity (Wildman–Crippen MR) is 158 cm³/mol. The lowest BCUT2D eigenvalue weighted by Crippen LogP contribution is -2.13. The Bertz CT molecular complexity index is 859. The van der Waals surface area contributed by atoms with E-state index in [-0.39, 0.29) is 0 Å². The van der Waals surface area contributed by atoms with Crippen molar-refractivity contribution in [3.05, 3.63) is 11.9 Å². The maximum absolute atomic E-state index is 10.6. The van der Waals surface area contributed by atoms with E-state index in [4.69, 9.17) is 42.7 Å². The van der Waals surface area contributed by atoms with Crippen LogP contribution in [0.1, 0.15) is 37.8 Å². The molecular formula is C29H50N4O11. The minimum Gasteiger partial charge on any atom is -0.393 e. The van der Waals surface area contributed by atoms with E-state index in [9.17, 15) is 9.59 Å². The average Bonchev–Trinajstić information content (AvgIpc) is 3.68. The minimum atomic E-state index is 0.357. The van der Waals surface area contributed by atoms with Crippen LogP contribution >= 0.6 is 0 Å². The van der Waals surface area contributed by atoms with E-state index in [1.165, 1.54) is 0 Å². The van der Waals surface area contributed by atoms with E-state index in [2.05, 4.69) is 15.5 Å². The van der Waals surface area contributed by atoms with Gasteiger partial charge < -0.3 is 52.3 Å². The molecule has 0 amide bonds. The van der Waals surface area contributed by atoms with Crippen molar-refractivity contribution in [3.8, 4) is 0 Å². The highest BCUT2D eigenvalue weighted by Crippen LogP contribution is 2.25. The summed E-state index contributed by atoms with van der Waals surface area (Å²) in [6.07, 6.45) is 7.41. The van der Waals surface area contributed by atoms with E-state index < -0.39 is 0 Å². The van der Waals surface area contributed by atoms with Gasteiger partial charge in [0.05, 0.1) is 124 Å². The monoisotopic (exact) mass is 630 g/mol. The summed E-state index contributed by atoms with van der Waals surface area (Å²) < 4.78 is 45.3. The van der Waals surface area contributed by atoms with E-state index in [0.29, 0.717) is 138 Å². The van der Waals surface area contributed by atoms with Crippen LogP contribution in [-0.2, 0) is 65.5 Å². The number of hydrogen-bond donors (Lipinski definition) is 0. The van der Waals surface area contributed by atoms with Crippen LogP contribution < -0.4 is 0 Å². The lowest BCUT2D eigenvalue weighted by atomic mass is 10.1. The smallest absolute Gasteiger partial charge is 0.140 e. The fraction of sp³-hybridized carbons (Fsp3) is 0.828. The zero-order chi connectivity index (χ0) is 31.2. The number of aldehydes is 2. The molecule has 1 aromatic rings. The topological polar surface area (TPSA) is 160 Å². The average molecular weight is 631 g/mol. The summed E-state index contributed by atoms with van der Waals surface area (Å²) in [4.78, 5) is 26.0. The third kappa shape index (κ3) is 21.4. The molecule has 44 heavy (non-hydrogen) atoms. The van der Waals surface area contributed by atoms with Gasteiger partial charge in [-0.05, 0) is 25.2 Å². The number of hydrogen-bond acceptors (Lipinski definition) is 14. The van der Waals surface area contributed by atoms with Crippen molar-refractivity contribution < 1.29 is 52.3 Å². The Hall–Kier alpha value is -2.37. The highest BCUT2D eigenvalue weighted by atomic mass is 16.6. The quantitative estimate of drug-likeness (QED) is 0.0636. The van der Waals surface area contributed by atoms with Crippen molar-refractivity contribution in [3.63, 3.8) is 0 Å². The maximum atomic E-state index is 10.6. The van der Waals surface area contributed by atoms with Gasteiger partial charge in [-0.3, -0.25) is 0 Å². The molecule has 0 aliphatic heterocycles. The van der Waals surface area contributed by atoms with E-state index >= 15 is 0 Å². The molecule has 0 bridgehead atoms. The fourth-order valence-electron chi connectivity index (χ4n) is 3.96. The molecule has 1 aliphatic carbocycles. The first-order valence-corrected chi connectivity index (χ1v) is 15.4. The molecule has 1 aromatic heterocycles. The minimum absolute atomic E-state index is 0.357. The van der Waals surface area contributed by atoms with Crippen molar-refractivity contribution in [2.75, 3.05) is 106 Å². The number of nitrogens with zero attached hydrogens (tertiary/aromatic N) is 4. The van der Waals surface area contributed by atoms with Crippen LogP contribution in [-0.4, -0.2) is 139 Å². The molecule has 1 heterocycles. The zero-order valence-electron chi connectivity index (χ0n) is 25.9. The predicted octanol–water partition coefficient (Wildman–Crippen LogP) is 1.26. The molecule has 1 unspecified atom stereocenters. The van der Waals surface area contributed by atoms with Gasteiger partial charge in [0.15, 0.2) is 0 Å². The van der Waals surface area contributed by atoms with Crippen LogP contribution in [0.3, 0.4) is 0 Å². The first kappa shape index (κ1) is 37.8. The number of rotatable bonds is 32. The van der Waals surface area contributed by atoms with Crippen LogP contribution in [0.2, 0.25) is 0 Å². The van der Waals surface area contributed by atoms with Crippen molar-refractivity contribution in [2.45, 2.75) is 45.3 Å². The molecule has 1 aliphatic rings. The fourth-order valence-corrected chi connectivity index (χ4v) is 3.96. The van der Waals surface area contributed by atoms with Gasteiger partial charge in [0.1, 0.15) is 24.9 Å². The Morgan fingerprint density at radius 3 is 1.84 bits per heavy atom. The van der Waals surface area contributed by atoms with Gasteiger partial charge in [-0.25, -0.2) is 4.68 Å². The Balaban J connectivity index is 1.27. The molecule has 0 radical (unpaired) electrons. The van der Waals surface area contributed by atoms with Crippen molar-refractivity contribution in [1.29, 1.82) is 0 Å². The SMILES string of the molecule is O=CCCOCCOCCOCCOCCn1cc(COCCOCCOCCOCCO/N=C2\CCC(CC=O)C2)nn1. The van der Waals surface area contributed by atoms with E-state index in [1.54, 1.807) is 4.68 Å². The standard InChI is InChI=1S/C29H50N4O11/c34-6-1-8-36-10-12-38-14-15-39-13-11-37-9-5-33-25-29(30-32-33)26-43-21-20-41-17-16-40-18-19-42-22-23-44-31-28-3-2-27(24-28)4-7-35/h6-7,25,27H,1-5,8-24,26H2/b31-28+. The maximum Gasteiger partial charge on any atom is 0.140 e. The number of aromatic nitrogens is 3. The molecule has 15 heteroatoms. The van der Waals surface area contributed by atoms with E-state index in [1.807, 2.05) is 6.20 Å². The van der Waals surface area contributed by atoms with Gasteiger partial charge in [-0.15, -0.1) is 5.10 Å². The Kier molecular flexibility index (Phi) is 24.2. The summed E-state index contributed by atoms with van der Waals surface area (Å²) in [6.45, 7) is 8.43. The van der Waals surface area contributed by atoms with Gasteiger partial charge in [0, 0.05) is 12.8 Å². The van der Waals surface area contributed by atoms with Crippen LogP contribution in [0.4, 0.5) is 0 Å². The second kappa shape index (κ2) is 28.1. The van der Waals surface area contributed by atoms with Crippen molar-refractivity contribution >= 4 is 18.3 Å². The second-order valence-corrected chi connectivity index (χ2v) is 9.77. The number of ether oxygens (including phenoxy) is 8. The summed E-state index contributed by atoms with van der Waals surface area (Å²) >= 11 is 0. The molecule has 0 N–H and O–H groups in total. The van der Waals surface area contributed by atoms with Gasteiger partial charge in [-0.1, -0.05) is 10.4 Å². The summed E-state index contributed by atoms with van der Waals surface area (Å²) in [5.41, 5.74) is 1.77. The first-order valence-electron chi connectivity index (χ1n) is 15.4. The third-order valence-electron chi connectivity index (χ3n) is 6.22. The molecule has 0 spiro atoms. The molecule has 15 nitrogen and oxygen atoms in total. The second-order valence-electron chi connectivity index (χ2n) is 9.77. The Morgan fingerprint density at radius 2 is 1.25 bits per heavy atom. The largest absolute Gasteiger partial charge is 0.393 e. The van der Waals surface area contributed by atoms with Crippen LogP contribution in [0.15, 0.2) is 11.4 Å². The normalized spacial score (nSPS) is 15.7. The third-order valence-corrected chi connectivity index (χ3v) is 6.22. The molecule has 0 saturated heterocycles. The zero-order valence-corrected chi connectivity index (χ0v) is 25.9. The highest BCUT2D eigenvalue weighted by molar-refractivity contribution is 5.86. The molecule has 1 saturated carbocycles. The highest BCUT2D eigenvalue weighted by Gasteiger charge is 2.20. The molecule has 0 aromatic carbocycles. The van der Waals surface area contributed by atoms with Gasteiger partial charge in [0.2, 0.25) is 0 Å².